The van der Waals surface area contributed by atoms with Crippen molar-refractivity contribution in [1.82, 2.24) is 4.98 Å². The first kappa shape index (κ1) is 11.3. The SMILES string of the molecule is N#Cc1ccc(NCC(F)(F)CO)cn1. The lowest BCUT2D eigenvalue weighted by Crippen LogP contribution is -2.31. The molecule has 0 amide bonds. The summed E-state index contributed by atoms with van der Waals surface area (Å²) in [7, 11) is 0. The second-order valence-electron chi connectivity index (χ2n) is 2.91. The maximum Gasteiger partial charge on any atom is 0.287 e. The largest absolute Gasteiger partial charge is 0.390 e. The minimum Gasteiger partial charge on any atom is -0.390 e. The summed E-state index contributed by atoms with van der Waals surface area (Å²) in [6, 6.07) is 4.70. The average Bonchev–Trinajstić information content (AvgIpc) is 2.27. The topological polar surface area (TPSA) is 68.9 Å². The molecule has 0 bridgehead atoms. The minimum absolute atomic E-state index is 0.217. The number of aromatic nitrogens is 1. The second-order valence-corrected chi connectivity index (χ2v) is 2.91. The summed E-state index contributed by atoms with van der Waals surface area (Å²) in [5.74, 6) is -3.16. The molecule has 0 fully saturated rings. The van der Waals surface area contributed by atoms with E-state index < -0.39 is 19.1 Å². The van der Waals surface area contributed by atoms with Crippen LogP contribution in [-0.2, 0) is 0 Å². The van der Waals surface area contributed by atoms with Crippen LogP contribution in [0.3, 0.4) is 0 Å². The normalized spacial score (nSPS) is 10.8. The van der Waals surface area contributed by atoms with Crippen molar-refractivity contribution in [2.45, 2.75) is 5.92 Å². The van der Waals surface area contributed by atoms with Gasteiger partial charge in [-0.1, -0.05) is 0 Å². The quantitative estimate of drug-likeness (QED) is 0.782. The molecule has 1 rings (SSSR count). The molecule has 0 saturated heterocycles. The Bertz CT molecular complexity index is 359. The van der Waals surface area contributed by atoms with E-state index in [4.69, 9.17) is 10.4 Å². The molecule has 0 unspecified atom stereocenters. The molecule has 80 valence electrons. The predicted octanol–water partition coefficient (Wildman–Crippen LogP) is 0.993. The van der Waals surface area contributed by atoms with E-state index >= 15 is 0 Å². The standard InChI is InChI=1S/C9H9F2N3O/c10-9(11,6-15)5-14-8-2-1-7(3-12)13-4-8/h1-2,4,14-15H,5-6H2. The number of aliphatic hydroxyl groups is 1. The van der Waals surface area contributed by atoms with Crippen LogP contribution in [-0.4, -0.2) is 29.2 Å². The molecule has 1 aromatic rings. The molecule has 1 heterocycles. The van der Waals surface area contributed by atoms with Gasteiger partial charge in [0.25, 0.3) is 5.92 Å². The van der Waals surface area contributed by atoms with Crippen molar-refractivity contribution in [2.24, 2.45) is 0 Å². The highest BCUT2D eigenvalue weighted by atomic mass is 19.3. The Morgan fingerprint density at radius 2 is 2.27 bits per heavy atom. The molecular formula is C9H9F2N3O. The number of nitrogens with zero attached hydrogens (tertiary/aromatic N) is 2. The van der Waals surface area contributed by atoms with Crippen LogP contribution in [0.2, 0.25) is 0 Å². The van der Waals surface area contributed by atoms with Crippen LogP contribution in [0.5, 0.6) is 0 Å². The lowest BCUT2D eigenvalue weighted by molar-refractivity contribution is -0.0372. The van der Waals surface area contributed by atoms with E-state index in [9.17, 15) is 8.78 Å². The van der Waals surface area contributed by atoms with Gasteiger partial charge >= 0.3 is 0 Å². The number of pyridine rings is 1. The van der Waals surface area contributed by atoms with Crippen LogP contribution in [0.15, 0.2) is 18.3 Å². The number of anilines is 1. The molecule has 0 aliphatic rings. The molecule has 1 aromatic heterocycles. The summed E-state index contributed by atoms with van der Waals surface area (Å²) in [4.78, 5) is 3.69. The van der Waals surface area contributed by atoms with Crippen molar-refractivity contribution in [3.05, 3.63) is 24.0 Å². The Labute approximate surface area is 85.2 Å². The molecule has 0 atom stereocenters. The summed E-state index contributed by atoms with van der Waals surface area (Å²) in [6.07, 6.45) is 1.28. The Kier molecular flexibility index (Phi) is 3.52. The summed E-state index contributed by atoms with van der Waals surface area (Å²) in [6.45, 7) is -1.87. The summed E-state index contributed by atoms with van der Waals surface area (Å²) < 4.78 is 25.2. The van der Waals surface area contributed by atoms with Gasteiger partial charge < -0.3 is 10.4 Å². The fourth-order valence-corrected chi connectivity index (χ4v) is 0.852. The highest BCUT2D eigenvalue weighted by Gasteiger charge is 2.27. The van der Waals surface area contributed by atoms with Crippen LogP contribution >= 0.6 is 0 Å². The Morgan fingerprint density at radius 3 is 2.73 bits per heavy atom. The van der Waals surface area contributed by atoms with Crippen molar-refractivity contribution in [3.8, 4) is 6.07 Å². The molecule has 0 spiro atoms. The minimum atomic E-state index is -3.16. The maximum absolute atomic E-state index is 12.6. The smallest absolute Gasteiger partial charge is 0.287 e. The van der Waals surface area contributed by atoms with Gasteiger partial charge in [0.2, 0.25) is 0 Å². The van der Waals surface area contributed by atoms with Gasteiger partial charge in [0.05, 0.1) is 18.4 Å². The van der Waals surface area contributed by atoms with Crippen molar-refractivity contribution >= 4 is 5.69 Å². The number of alkyl halides is 2. The van der Waals surface area contributed by atoms with Crippen molar-refractivity contribution in [1.29, 1.82) is 5.26 Å². The van der Waals surface area contributed by atoms with Crippen LogP contribution in [0.25, 0.3) is 0 Å². The number of halogens is 2. The van der Waals surface area contributed by atoms with E-state index in [2.05, 4.69) is 10.3 Å². The van der Waals surface area contributed by atoms with Crippen molar-refractivity contribution in [3.63, 3.8) is 0 Å². The Morgan fingerprint density at radius 1 is 1.53 bits per heavy atom. The molecular weight excluding hydrogens is 204 g/mol. The first-order valence-corrected chi connectivity index (χ1v) is 4.16. The molecule has 4 nitrogen and oxygen atoms in total. The zero-order valence-electron chi connectivity index (χ0n) is 7.74. The van der Waals surface area contributed by atoms with E-state index in [-0.39, 0.29) is 5.69 Å². The first-order chi connectivity index (χ1) is 7.07. The van der Waals surface area contributed by atoms with Gasteiger partial charge in [-0.15, -0.1) is 0 Å². The van der Waals surface area contributed by atoms with E-state index in [1.54, 1.807) is 0 Å². The third kappa shape index (κ3) is 3.48. The monoisotopic (exact) mass is 213 g/mol. The lowest BCUT2D eigenvalue weighted by Gasteiger charge is -2.14. The van der Waals surface area contributed by atoms with E-state index in [1.807, 2.05) is 6.07 Å². The molecule has 15 heavy (non-hydrogen) atoms. The Balaban J connectivity index is 2.56. The number of nitriles is 1. The van der Waals surface area contributed by atoms with E-state index in [0.29, 0.717) is 5.69 Å². The van der Waals surface area contributed by atoms with Gasteiger partial charge in [0, 0.05) is 0 Å². The molecule has 0 aliphatic heterocycles. The number of hydrogen-bond acceptors (Lipinski definition) is 4. The van der Waals surface area contributed by atoms with Gasteiger partial charge in [-0.3, -0.25) is 0 Å². The van der Waals surface area contributed by atoms with Crippen LogP contribution in [0, 0.1) is 11.3 Å². The molecule has 0 aromatic carbocycles. The third-order valence-corrected chi connectivity index (χ3v) is 1.66. The highest BCUT2D eigenvalue weighted by Crippen LogP contribution is 2.14. The molecule has 2 N–H and O–H groups in total. The van der Waals surface area contributed by atoms with Gasteiger partial charge in [-0.25, -0.2) is 13.8 Å². The van der Waals surface area contributed by atoms with Crippen LogP contribution in [0.4, 0.5) is 14.5 Å². The van der Waals surface area contributed by atoms with Gasteiger partial charge in [-0.2, -0.15) is 5.26 Å². The molecule has 0 saturated carbocycles. The maximum atomic E-state index is 12.6. The number of nitrogens with one attached hydrogen (secondary N) is 1. The summed E-state index contributed by atoms with van der Waals surface area (Å²) in [5, 5.41) is 19.2. The average molecular weight is 213 g/mol. The van der Waals surface area contributed by atoms with Gasteiger partial charge in [0.15, 0.2) is 0 Å². The van der Waals surface area contributed by atoms with Gasteiger partial charge in [0.1, 0.15) is 18.4 Å². The van der Waals surface area contributed by atoms with Crippen molar-refractivity contribution in [2.75, 3.05) is 18.5 Å². The predicted molar refractivity (Wildman–Crippen MR) is 49.5 cm³/mol. The van der Waals surface area contributed by atoms with Crippen LogP contribution in [0.1, 0.15) is 5.69 Å². The fraction of sp³-hybridized carbons (Fsp3) is 0.333. The molecule has 0 aliphatic carbocycles. The first-order valence-electron chi connectivity index (χ1n) is 4.16. The number of hydrogen-bond donors (Lipinski definition) is 2. The Hall–Kier alpha value is -1.74. The molecule has 6 heteroatoms. The summed E-state index contributed by atoms with van der Waals surface area (Å²) in [5.41, 5.74) is 0.594. The lowest BCUT2D eigenvalue weighted by atomic mass is 10.3. The van der Waals surface area contributed by atoms with Gasteiger partial charge in [-0.05, 0) is 12.1 Å². The zero-order chi connectivity index (χ0) is 11.3. The second kappa shape index (κ2) is 4.66. The van der Waals surface area contributed by atoms with E-state index in [1.165, 1.54) is 18.3 Å². The fourth-order valence-electron chi connectivity index (χ4n) is 0.852. The molecule has 0 radical (unpaired) electrons. The highest BCUT2D eigenvalue weighted by molar-refractivity contribution is 5.42. The van der Waals surface area contributed by atoms with E-state index in [0.717, 1.165) is 0 Å². The summed E-state index contributed by atoms with van der Waals surface area (Å²) >= 11 is 0. The number of rotatable bonds is 4. The van der Waals surface area contributed by atoms with Crippen molar-refractivity contribution < 1.29 is 13.9 Å². The van der Waals surface area contributed by atoms with Crippen LogP contribution < -0.4 is 5.32 Å². The number of aliphatic hydroxyl groups excluding tert-OH is 1. The third-order valence-electron chi connectivity index (χ3n) is 1.66. The zero-order valence-corrected chi connectivity index (χ0v) is 7.74.